The fourth-order valence-electron chi connectivity index (χ4n) is 0.477. The highest BCUT2D eigenvalue weighted by Gasteiger charge is 1.87. The van der Waals surface area contributed by atoms with Crippen LogP contribution in [-0.2, 0) is 0 Å². The fraction of sp³-hybridized carbons (Fsp3) is 0. The summed E-state index contributed by atoms with van der Waals surface area (Å²) in [6.07, 6.45) is 0. The van der Waals surface area contributed by atoms with Crippen molar-refractivity contribution >= 4 is 31.9 Å². The maximum absolute atomic E-state index is 10.8. The zero-order valence-electron chi connectivity index (χ0n) is 4.40. The monoisotopic (exact) mass is 249 g/mol. The highest BCUT2D eigenvalue weighted by atomic mass is 79.9. The van der Waals surface area contributed by atoms with Crippen LogP contribution >= 0.6 is 31.9 Å². The number of rotatable bonds is 0. The second-order valence-electron chi connectivity index (χ2n) is 1.57. The Bertz CT molecular complexity index is 222. The van der Waals surface area contributed by atoms with E-state index in [1.807, 2.05) is 6.07 Å². The third kappa shape index (κ3) is 1.69. The minimum absolute atomic E-state index is 0.00405. The summed E-state index contributed by atoms with van der Waals surface area (Å²) in [5.74, 6) is 0.00405. The van der Waals surface area contributed by atoms with Gasteiger partial charge < -0.3 is 5.11 Å². The van der Waals surface area contributed by atoms with E-state index < -0.39 is 0 Å². The molecule has 0 aliphatic carbocycles. The van der Waals surface area contributed by atoms with Gasteiger partial charge >= 0.3 is 0 Å². The molecule has 1 rings (SSSR count). The first-order valence-electron chi connectivity index (χ1n) is 2.32. The summed E-state index contributed by atoms with van der Waals surface area (Å²) in [5.41, 5.74) is 0. The molecule has 0 N–H and O–H groups in total. The lowest BCUT2D eigenvalue weighted by Crippen LogP contribution is -1.89. The quantitative estimate of drug-likeness (QED) is 0.693. The summed E-state index contributed by atoms with van der Waals surface area (Å²) in [6, 6.07) is 5.04. The molecule has 0 amide bonds. The van der Waals surface area contributed by atoms with Gasteiger partial charge in [-0.2, -0.15) is 0 Å². The maximum atomic E-state index is 10.8. The van der Waals surface area contributed by atoms with E-state index in [4.69, 9.17) is 0 Å². The Morgan fingerprint density at radius 2 is 1.89 bits per heavy atom. The summed E-state index contributed by atoms with van der Waals surface area (Å²) in [7, 11) is 0. The lowest BCUT2D eigenvalue weighted by atomic mass is 10.3. The molecule has 0 spiro atoms. The van der Waals surface area contributed by atoms with Crippen LogP contribution in [0.4, 0.5) is 0 Å². The van der Waals surface area contributed by atoms with Crippen molar-refractivity contribution in [3.8, 4) is 5.75 Å². The van der Waals surface area contributed by atoms with Crippen molar-refractivity contribution in [1.82, 2.24) is 0 Å². The van der Waals surface area contributed by atoms with E-state index in [2.05, 4.69) is 31.9 Å². The average molecular weight is 251 g/mol. The van der Waals surface area contributed by atoms with Crippen molar-refractivity contribution in [2.45, 2.75) is 0 Å². The van der Waals surface area contributed by atoms with Gasteiger partial charge in [0.25, 0.3) is 0 Å². The highest BCUT2D eigenvalue weighted by Crippen LogP contribution is 2.23. The van der Waals surface area contributed by atoms with Crippen LogP contribution in [0.15, 0.2) is 27.1 Å². The molecule has 1 aromatic carbocycles. The van der Waals surface area contributed by atoms with Gasteiger partial charge in [-0.05, 0) is 12.1 Å². The summed E-state index contributed by atoms with van der Waals surface area (Å²) in [5, 5.41) is 10.8. The first-order valence-corrected chi connectivity index (χ1v) is 3.91. The average Bonchev–Trinajstić information content (AvgIpc) is 1.80. The van der Waals surface area contributed by atoms with Crippen molar-refractivity contribution < 1.29 is 5.11 Å². The molecule has 0 radical (unpaired) electrons. The van der Waals surface area contributed by atoms with Gasteiger partial charge in [0.05, 0.1) is 0 Å². The highest BCUT2D eigenvalue weighted by molar-refractivity contribution is 9.11. The molecule has 0 unspecified atom stereocenters. The molecule has 0 saturated carbocycles. The van der Waals surface area contributed by atoms with E-state index in [1.165, 1.54) is 6.07 Å². The van der Waals surface area contributed by atoms with Crippen LogP contribution < -0.4 is 5.11 Å². The number of hydrogen-bond donors (Lipinski definition) is 0. The molecule has 0 aliphatic heterocycles. The van der Waals surface area contributed by atoms with Gasteiger partial charge in [0.2, 0.25) is 0 Å². The first kappa shape index (κ1) is 7.09. The van der Waals surface area contributed by atoms with E-state index in [0.29, 0.717) is 4.47 Å². The van der Waals surface area contributed by atoms with Crippen molar-refractivity contribution in [3.05, 3.63) is 27.1 Å². The molecule has 1 aromatic rings. The summed E-state index contributed by atoms with van der Waals surface area (Å²) < 4.78 is 1.42. The van der Waals surface area contributed by atoms with Gasteiger partial charge in [0.1, 0.15) is 0 Å². The third-order valence-corrected chi connectivity index (χ3v) is 2.04. The van der Waals surface area contributed by atoms with Crippen LogP contribution in [0.3, 0.4) is 0 Å². The Kier molecular flexibility index (Phi) is 2.13. The Balaban J connectivity index is 3.17. The number of hydrogen-bond acceptors (Lipinski definition) is 1. The zero-order chi connectivity index (χ0) is 6.85. The fourth-order valence-corrected chi connectivity index (χ4v) is 1.06. The van der Waals surface area contributed by atoms with Crippen molar-refractivity contribution in [3.63, 3.8) is 0 Å². The lowest BCUT2D eigenvalue weighted by molar-refractivity contribution is -0.269. The van der Waals surface area contributed by atoms with Crippen LogP contribution in [0.2, 0.25) is 0 Å². The SMILES string of the molecule is [O-]c1cc(Br)ccc1Br. The molecule has 0 aliphatic rings. The topological polar surface area (TPSA) is 23.1 Å². The molecule has 48 valence electrons. The first-order chi connectivity index (χ1) is 4.20. The molecule has 3 heteroatoms. The van der Waals surface area contributed by atoms with E-state index in [1.54, 1.807) is 6.07 Å². The Morgan fingerprint density at radius 1 is 1.22 bits per heavy atom. The van der Waals surface area contributed by atoms with Gasteiger partial charge in [-0.25, -0.2) is 0 Å². The molecule has 0 fully saturated rings. The van der Waals surface area contributed by atoms with E-state index in [0.717, 1.165) is 4.47 Å². The molecule has 9 heavy (non-hydrogen) atoms. The second-order valence-corrected chi connectivity index (χ2v) is 3.34. The van der Waals surface area contributed by atoms with Crippen LogP contribution in [0, 0.1) is 0 Å². The number of halogens is 2. The summed E-state index contributed by atoms with van der Waals surface area (Å²) in [4.78, 5) is 0. The molecule has 0 aromatic heterocycles. The van der Waals surface area contributed by atoms with Crippen molar-refractivity contribution in [2.24, 2.45) is 0 Å². The van der Waals surface area contributed by atoms with E-state index in [9.17, 15) is 5.11 Å². The molecule has 0 atom stereocenters. The van der Waals surface area contributed by atoms with Crippen LogP contribution in [-0.4, -0.2) is 0 Å². The summed E-state index contributed by atoms with van der Waals surface area (Å²) >= 11 is 6.27. The van der Waals surface area contributed by atoms with Gasteiger partial charge in [-0.3, -0.25) is 0 Å². The second kappa shape index (κ2) is 2.71. The lowest BCUT2D eigenvalue weighted by Gasteiger charge is -2.06. The molecular weight excluding hydrogens is 248 g/mol. The number of benzene rings is 1. The van der Waals surface area contributed by atoms with Crippen molar-refractivity contribution in [2.75, 3.05) is 0 Å². The molecule has 0 saturated heterocycles. The van der Waals surface area contributed by atoms with E-state index in [-0.39, 0.29) is 5.75 Å². The standard InChI is InChI=1S/C6H4Br2O/c7-4-1-2-5(8)6(9)3-4/h1-3,9H/p-1. The van der Waals surface area contributed by atoms with Gasteiger partial charge in [-0.15, -0.1) is 0 Å². The summed E-state index contributed by atoms with van der Waals surface area (Å²) in [6.45, 7) is 0. The van der Waals surface area contributed by atoms with Gasteiger partial charge in [0.15, 0.2) is 0 Å². The zero-order valence-corrected chi connectivity index (χ0v) is 7.57. The third-order valence-electron chi connectivity index (χ3n) is 0.893. The molecule has 1 nitrogen and oxygen atoms in total. The molecule has 0 heterocycles. The smallest absolute Gasteiger partial charge is 0.0169 e. The Labute approximate surface area is 70.0 Å². The molecule has 0 bridgehead atoms. The Hall–Kier alpha value is -0.0200. The maximum Gasteiger partial charge on any atom is 0.0169 e. The minimum atomic E-state index is 0.00405. The van der Waals surface area contributed by atoms with Crippen LogP contribution in [0.1, 0.15) is 0 Å². The van der Waals surface area contributed by atoms with Gasteiger partial charge in [0, 0.05) is 8.95 Å². The largest absolute Gasteiger partial charge is 0.872 e. The predicted octanol–water partition coefficient (Wildman–Crippen LogP) is 2.29. The van der Waals surface area contributed by atoms with Gasteiger partial charge in [-0.1, -0.05) is 43.7 Å². The Morgan fingerprint density at radius 3 is 2.33 bits per heavy atom. The molecular formula is C6H3Br2O-. The van der Waals surface area contributed by atoms with Crippen LogP contribution in [0.5, 0.6) is 5.75 Å². The predicted molar refractivity (Wildman–Crippen MR) is 41.3 cm³/mol. The normalized spacial score (nSPS) is 9.56. The van der Waals surface area contributed by atoms with Crippen molar-refractivity contribution in [1.29, 1.82) is 0 Å². The van der Waals surface area contributed by atoms with Crippen LogP contribution in [0.25, 0.3) is 0 Å². The van der Waals surface area contributed by atoms with E-state index >= 15 is 0 Å². The minimum Gasteiger partial charge on any atom is -0.872 e.